The minimum Gasteiger partial charge on any atom is -0.478 e. The molecule has 84 valence electrons. The molecule has 1 rings (SSSR count). The van der Waals surface area contributed by atoms with Gasteiger partial charge in [-0.05, 0) is 23.8 Å². The van der Waals surface area contributed by atoms with Crippen LogP contribution in [-0.4, -0.2) is 24.2 Å². The number of carboxylic acid groups (broad SMARTS) is 1. The monoisotopic (exact) mass is 220 g/mol. The van der Waals surface area contributed by atoms with Gasteiger partial charge >= 0.3 is 12.0 Å². The SMILES string of the molecule is CNC(=O)Nc1cccc(/C=C/C(=O)O)c1. The van der Waals surface area contributed by atoms with Crippen LogP contribution in [-0.2, 0) is 4.79 Å². The number of nitrogens with one attached hydrogen (secondary N) is 2. The third-order valence-corrected chi connectivity index (χ3v) is 1.79. The fourth-order valence-corrected chi connectivity index (χ4v) is 1.08. The Morgan fingerprint density at radius 3 is 2.75 bits per heavy atom. The number of urea groups is 1. The molecular formula is C11H12N2O3. The lowest BCUT2D eigenvalue weighted by Crippen LogP contribution is -2.24. The van der Waals surface area contributed by atoms with E-state index >= 15 is 0 Å². The molecule has 0 aliphatic carbocycles. The van der Waals surface area contributed by atoms with E-state index in [4.69, 9.17) is 5.11 Å². The maximum atomic E-state index is 11.0. The zero-order valence-corrected chi connectivity index (χ0v) is 8.73. The smallest absolute Gasteiger partial charge is 0.328 e. The minimum absolute atomic E-state index is 0.320. The molecule has 5 heteroatoms. The first-order chi connectivity index (χ1) is 7.61. The van der Waals surface area contributed by atoms with Crippen LogP contribution in [0.5, 0.6) is 0 Å². The molecule has 0 spiro atoms. The number of benzene rings is 1. The van der Waals surface area contributed by atoms with Crippen molar-refractivity contribution >= 4 is 23.8 Å². The first-order valence-corrected chi connectivity index (χ1v) is 4.61. The largest absolute Gasteiger partial charge is 0.478 e. The molecule has 0 fully saturated rings. The Morgan fingerprint density at radius 1 is 1.38 bits per heavy atom. The van der Waals surface area contributed by atoms with E-state index in [1.807, 2.05) is 0 Å². The molecule has 3 N–H and O–H groups in total. The standard InChI is InChI=1S/C11H12N2O3/c1-12-11(16)13-9-4-2-3-8(7-9)5-6-10(14)15/h2-7H,1H3,(H,14,15)(H2,12,13,16)/b6-5+. The molecule has 0 aliphatic heterocycles. The van der Waals surface area contributed by atoms with Gasteiger partial charge in [-0.25, -0.2) is 9.59 Å². The van der Waals surface area contributed by atoms with Crippen LogP contribution in [0, 0.1) is 0 Å². The Morgan fingerprint density at radius 2 is 2.12 bits per heavy atom. The number of hydrogen-bond acceptors (Lipinski definition) is 2. The lowest BCUT2D eigenvalue weighted by atomic mass is 10.2. The quantitative estimate of drug-likeness (QED) is 0.676. The topological polar surface area (TPSA) is 78.4 Å². The van der Waals surface area contributed by atoms with Crippen LogP contribution in [0.3, 0.4) is 0 Å². The maximum absolute atomic E-state index is 11.0. The summed E-state index contributed by atoms with van der Waals surface area (Å²) < 4.78 is 0. The number of carbonyl (C=O) groups excluding carboxylic acids is 1. The summed E-state index contributed by atoms with van der Waals surface area (Å²) in [6.45, 7) is 0. The number of anilines is 1. The highest BCUT2D eigenvalue weighted by Gasteiger charge is 1.98. The molecule has 1 aromatic carbocycles. The van der Waals surface area contributed by atoms with Crippen LogP contribution in [0.2, 0.25) is 0 Å². The molecule has 0 aromatic heterocycles. The van der Waals surface area contributed by atoms with Gasteiger partial charge in [0.05, 0.1) is 0 Å². The van der Waals surface area contributed by atoms with E-state index < -0.39 is 5.97 Å². The van der Waals surface area contributed by atoms with Crippen molar-refractivity contribution in [3.05, 3.63) is 35.9 Å². The van der Waals surface area contributed by atoms with Crippen LogP contribution in [0.1, 0.15) is 5.56 Å². The average Bonchev–Trinajstić information content (AvgIpc) is 2.26. The molecule has 5 nitrogen and oxygen atoms in total. The van der Waals surface area contributed by atoms with E-state index in [0.717, 1.165) is 6.08 Å². The number of rotatable bonds is 3. The first kappa shape index (κ1) is 11.8. The Bertz CT molecular complexity index is 427. The minimum atomic E-state index is -1.01. The van der Waals surface area contributed by atoms with Gasteiger partial charge in [0.1, 0.15) is 0 Å². The Balaban J connectivity index is 2.78. The zero-order chi connectivity index (χ0) is 12.0. The highest BCUT2D eigenvalue weighted by Crippen LogP contribution is 2.11. The van der Waals surface area contributed by atoms with Gasteiger partial charge in [0.25, 0.3) is 0 Å². The van der Waals surface area contributed by atoms with E-state index in [1.165, 1.54) is 13.1 Å². The fourth-order valence-electron chi connectivity index (χ4n) is 1.08. The molecule has 1 aromatic rings. The Hall–Kier alpha value is -2.30. The number of amides is 2. The normalized spacial score (nSPS) is 10.1. The van der Waals surface area contributed by atoms with Crippen molar-refractivity contribution < 1.29 is 14.7 Å². The summed E-state index contributed by atoms with van der Waals surface area (Å²) in [5.74, 6) is -1.01. The van der Waals surface area contributed by atoms with Crippen LogP contribution in [0.4, 0.5) is 10.5 Å². The lowest BCUT2D eigenvalue weighted by Gasteiger charge is -2.04. The molecule has 0 unspecified atom stereocenters. The summed E-state index contributed by atoms with van der Waals surface area (Å²) >= 11 is 0. The van der Waals surface area contributed by atoms with Crippen molar-refractivity contribution in [3.63, 3.8) is 0 Å². The summed E-state index contributed by atoms with van der Waals surface area (Å²) in [4.78, 5) is 21.3. The lowest BCUT2D eigenvalue weighted by molar-refractivity contribution is -0.131. The van der Waals surface area contributed by atoms with Gasteiger partial charge in [-0.15, -0.1) is 0 Å². The Kier molecular flexibility index (Phi) is 4.08. The highest BCUT2D eigenvalue weighted by atomic mass is 16.4. The molecule has 0 bridgehead atoms. The first-order valence-electron chi connectivity index (χ1n) is 4.61. The molecule has 0 saturated carbocycles. The van der Waals surface area contributed by atoms with Crippen molar-refractivity contribution in [1.29, 1.82) is 0 Å². The molecular weight excluding hydrogens is 208 g/mol. The van der Waals surface area contributed by atoms with Gasteiger partial charge in [0.15, 0.2) is 0 Å². The van der Waals surface area contributed by atoms with Gasteiger partial charge in [0.2, 0.25) is 0 Å². The summed E-state index contributed by atoms with van der Waals surface area (Å²) in [6, 6.07) is 6.54. The van der Waals surface area contributed by atoms with E-state index in [-0.39, 0.29) is 6.03 Å². The zero-order valence-electron chi connectivity index (χ0n) is 8.73. The van der Waals surface area contributed by atoms with Crippen LogP contribution in [0.15, 0.2) is 30.3 Å². The predicted molar refractivity (Wildman–Crippen MR) is 61.2 cm³/mol. The fraction of sp³-hybridized carbons (Fsp3) is 0.0909. The number of aliphatic carboxylic acids is 1. The van der Waals surface area contributed by atoms with E-state index in [0.29, 0.717) is 11.3 Å². The second-order valence-electron chi connectivity index (χ2n) is 3.00. The summed E-state index contributed by atoms with van der Waals surface area (Å²) in [5, 5.41) is 13.5. The predicted octanol–water partition coefficient (Wildman–Crippen LogP) is 1.54. The molecule has 2 amide bonds. The summed E-state index contributed by atoms with van der Waals surface area (Å²) in [6.07, 6.45) is 2.50. The second-order valence-corrected chi connectivity index (χ2v) is 3.00. The average molecular weight is 220 g/mol. The van der Waals surface area contributed by atoms with Gasteiger partial charge < -0.3 is 15.7 Å². The van der Waals surface area contributed by atoms with E-state index in [9.17, 15) is 9.59 Å². The van der Waals surface area contributed by atoms with Crippen molar-refractivity contribution in [2.45, 2.75) is 0 Å². The number of hydrogen-bond donors (Lipinski definition) is 3. The van der Waals surface area contributed by atoms with Gasteiger partial charge in [-0.1, -0.05) is 12.1 Å². The molecule has 0 heterocycles. The third kappa shape index (κ3) is 3.83. The van der Waals surface area contributed by atoms with E-state index in [2.05, 4.69) is 10.6 Å². The third-order valence-electron chi connectivity index (χ3n) is 1.79. The molecule has 0 atom stereocenters. The second kappa shape index (κ2) is 5.55. The van der Waals surface area contributed by atoms with Crippen molar-refractivity contribution in [2.24, 2.45) is 0 Å². The van der Waals surface area contributed by atoms with Crippen LogP contribution in [0.25, 0.3) is 6.08 Å². The van der Waals surface area contributed by atoms with Gasteiger partial charge in [-0.3, -0.25) is 0 Å². The van der Waals surface area contributed by atoms with Crippen LogP contribution < -0.4 is 10.6 Å². The Labute approximate surface area is 92.8 Å². The molecule has 0 radical (unpaired) electrons. The molecule has 0 saturated heterocycles. The number of carboxylic acids is 1. The van der Waals surface area contributed by atoms with Gasteiger partial charge in [0, 0.05) is 18.8 Å². The highest BCUT2D eigenvalue weighted by molar-refractivity contribution is 5.90. The molecule has 0 aliphatic rings. The summed E-state index contributed by atoms with van der Waals surface area (Å²) in [7, 11) is 1.52. The van der Waals surface area contributed by atoms with Crippen LogP contribution >= 0.6 is 0 Å². The van der Waals surface area contributed by atoms with Gasteiger partial charge in [-0.2, -0.15) is 0 Å². The summed E-state index contributed by atoms with van der Waals surface area (Å²) in [5.41, 5.74) is 1.31. The number of carbonyl (C=O) groups is 2. The van der Waals surface area contributed by atoms with E-state index in [1.54, 1.807) is 24.3 Å². The maximum Gasteiger partial charge on any atom is 0.328 e. The van der Waals surface area contributed by atoms with Crippen molar-refractivity contribution in [2.75, 3.05) is 12.4 Å². The molecule has 16 heavy (non-hydrogen) atoms. The van der Waals surface area contributed by atoms with Crippen molar-refractivity contribution in [3.8, 4) is 0 Å². The van der Waals surface area contributed by atoms with Crippen molar-refractivity contribution in [1.82, 2.24) is 5.32 Å².